The Morgan fingerprint density at radius 3 is 2.60 bits per heavy atom. The molecule has 0 fully saturated rings. The van der Waals surface area contributed by atoms with Crippen molar-refractivity contribution in [1.82, 2.24) is 15.1 Å². The number of rotatable bonds is 7. The molecule has 0 bridgehead atoms. The van der Waals surface area contributed by atoms with E-state index < -0.39 is 0 Å². The summed E-state index contributed by atoms with van der Waals surface area (Å²) < 4.78 is 10.8. The molecule has 30 heavy (non-hydrogen) atoms. The molecule has 0 aliphatic carbocycles. The average Bonchev–Trinajstić information content (AvgIpc) is 3.30. The molecular weight excluding hydrogens is 382 g/mol. The van der Waals surface area contributed by atoms with Crippen LogP contribution in [0.3, 0.4) is 0 Å². The summed E-state index contributed by atoms with van der Waals surface area (Å²) in [6, 6.07) is 12.5. The Morgan fingerprint density at radius 2 is 1.93 bits per heavy atom. The van der Waals surface area contributed by atoms with Gasteiger partial charge in [0.25, 0.3) is 5.91 Å². The van der Waals surface area contributed by atoms with E-state index in [-0.39, 0.29) is 17.7 Å². The average molecular weight is 407 g/mol. The lowest BCUT2D eigenvalue weighted by Crippen LogP contribution is -2.30. The van der Waals surface area contributed by atoms with Crippen LogP contribution in [0.2, 0.25) is 0 Å². The summed E-state index contributed by atoms with van der Waals surface area (Å²) in [5, 5.41) is 17.5. The number of hydrogen-bond acceptors (Lipinski definition) is 5. The number of methoxy groups -OCH3 is 1. The minimum absolute atomic E-state index is 0.0739. The molecule has 1 aliphatic rings. The number of ether oxygens (including phenoxy) is 2. The molecule has 0 radical (unpaired) electrons. The van der Waals surface area contributed by atoms with Crippen molar-refractivity contribution in [3.63, 3.8) is 0 Å². The normalized spacial score (nSPS) is 15.4. The topological polar surface area (TPSA) is 87.7 Å². The number of aromatic nitrogens is 2. The van der Waals surface area contributed by atoms with Crippen molar-refractivity contribution in [3.05, 3.63) is 59.3 Å². The number of carbonyl (C=O) groups excluding carboxylic acids is 1. The molecular formula is C23H25N3O4. The maximum absolute atomic E-state index is 13.1. The summed E-state index contributed by atoms with van der Waals surface area (Å²) in [6.45, 7) is 4.96. The van der Waals surface area contributed by atoms with E-state index in [4.69, 9.17) is 9.47 Å². The van der Waals surface area contributed by atoms with Gasteiger partial charge < -0.3 is 19.5 Å². The Kier molecular flexibility index (Phi) is 5.35. The van der Waals surface area contributed by atoms with Crippen LogP contribution in [-0.2, 0) is 0 Å². The molecule has 0 spiro atoms. The van der Waals surface area contributed by atoms with Gasteiger partial charge in [-0.3, -0.25) is 9.89 Å². The summed E-state index contributed by atoms with van der Waals surface area (Å²) in [5.41, 5.74) is 3.84. The van der Waals surface area contributed by atoms with Gasteiger partial charge in [0.05, 0.1) is 25.5 Å². The maximum atomic E-state index is 13.1. The summed E-state index contributed by atoms with van der Waals surface area (Å²) in [5.74, 6) is 1.16. The molecule has 7 nitrogen and oxygen atoms in total. The number of nitrogens with zero attached hydrogens (tertiary/aromatic N) is 2. The van der Waals surface area contributed by atoms with Crippen LogP contribution in [0.25, 0.3) is 11.3 Å². The van der Waals surface area contributed by atoms with Crippen molar-refractivity contribution in [2.75, 3.05) is 20.3 Å². The van der Waals surface area contributed by atoms with E-state index in [1.807, 2.05) is 49.1 Å². The number of carbonyl (C=O) groups is 1. The third-order valence-electron chi connectivity index (χ3n) is 5.29. The van der Waals surface area contributed by atoms with Crippen molar-refractivity contribution in [2.45, 2.75) is 26.3 Å². The van der Waals surface area contributed by atoms with Crippen molar-refractivity contribution in [2.24, 2.45) is 0 Å². The zero-order valence-corrected chi connectivity index (χ0v) is 17.3. The van der Waals surface area contributed by atoms with Crippen LogP contribution in [0.5, 0.6) is 17.2 Å². The molecule has 7 heteroatoms. The molecule has 0 saturated heterocycles. The molecule has 1 atom stereocenters. The van der Waals surface area contributed by atoms with Gasteiger partial charge in [-0.25, -0.2) is 0 Å². The molecule has 3 aromatic rings. The fourth-order valence-corrected chi connectivity index (χ4v) is 3.96. The molecule has 1 amide bonds. The van der Waals surface area contributed by atoms with Crippen molar-refractivity contribution in [1.29, 1.82) is 0 Å². The molecule has 2 heterocycles. The standard InChI is InChI=1S/C23H25N3O4/c1-4-12-26-22(15-8-11-17(27)18(13-15)30-5-2)19-20(24-25-21(19)23(26)28)14-6-9-16(29-3)10-7-14/h6-11,13,22,27H,4-5,12H2,1-3H3,(H,24,25). The molecule has 4 rings (SSSR count). The van der Waals surface area contributed by atoms with Crippen molar-refractivity contribution < 1.29 is 19.4 Å². The maximum Gasteiger partial charge on any atom is 0.273 e. The lowest BCUT2D eigenvalue weighted by Gasteiger charge is -2.26. The van der Waals surface area contributed by atoms with Crippen LogP contribution in [0, 0.1) is 0 Å². The summed E-state index contributed by atoms with van der Waals surface area (Å²) in [4.78, 5) is 15.0. The first-order valence-electron chi connectivity index (χ1n) is 10.1. The van der Waals surface area contributed by atoms with E-state index in [0.717, 1.165) is 34.6 Å². The van der Waals surface area contributed by atoms with E-state index in [9.17, 15) is 9.90 Å². The van der Waals surface area contributed by atoms with Crippen LogP contribution in [0.1, 0.15) is 47.9 Å². The van der Waals surface area contributed by atoms with Gasteiger partial charge in [0.1, 0.15) is 11.4 Å². The highest BCUT2D eigenvalue weighted by atomic mass is 16.5. The van der Waals surface area contributed by atoms with Gasteiger partial charge in [0.2, 0.25) is 0 Å². The van der Waals surface area contributed by atoms with Crippen LogP contribution in [-0.4, -0.2) is 46.4 Å². The predicted octanol–water partition coefficient (Wildman–Crippen LogP) is 4.14. The largest absolute Gasteiger partial charge is 0.504 e. The number of benzene rings is 2. The lowest BCUT2D eigenvalue weighted by atomic mass is 9.95. The van der Waals surface area contributed by atoms with Crippen LogP contribution < -0.4 is 9.47 Å². The Hall–Kier alpha value is -3.48. The van der Waals surface area contributed by atoms with E-state index in [2.05, 4.69) is 10.2 Å². The number of H-pyrrole nitrogens is 1. The number of hydrogen-bond donors (Lipinski definition) is 2. The van der Waals surface area contributed by atoms with Gasteiger partial charge >= 0.3 is 0 Å². The van der Waals surface area contributed by atoms with Gasteiger partial charge in [0, 0.05) is 17.7 Å². The second-order valence-corrected chi connectivity index (χ2v) is 7.15. The quantitative estimate of drug-likeness (QED) is 0.614. The highest BCUT2D eigenvalue weighted by molar-refractivity contribution is 6.00. The SMILES string of the molecule is CCCN1C(=O)c2[nH]nc(-c3ccc(OC)cc3)c2C1c1ccc(O)c(OCC)c1. The third kappa shape index (κ3) is 3.26. The fraction of sp³-hybridized carbons (Fsp3) is 0.304. The number of nitrogens with one attached hydrogen (secondary N) is 1. The molecule has 2 aromatic carbocycles. The highest BCUT2D eigenvalue weighted by Gasteiger charge is 2.42. The molecule has 1 aromatic heterocycles. The van der Waals surface area contributed by atoms with Crippen LogP contribution >= 0.6 is 0 Å². The third-order valence-corrected chi connectivity index (χ3v) is 5.29. The monoisotopic (exact) mass is 407 g/mol. The summed E-state index contributed by atoms with van der Waals surface area (Å²) in [7, 11) is 1.62. The highest BCUT2D eigenvalue weighted by Crippen LogP contribution is 2.44. The first-order chi connectivity index (χ1) is 14.6. The second kappa shape index (κ2) is 8.10. The number of phenols is 1. The smallest absolute Gasteiger partial charge is 0.273 e. The molecule has 0 saturated carbocycles. The lowest BCUT2D eigenvalue weighted by molar-refractivity contribution is 0.0743. The van der Waals surface area contributed by atoms with Crippen molar-refractivity contribution >= 4 is 5.91 Å². The number of aromatic hydroxyl groups is 1. The molecule has 1 aliphatic heterocycles. The second-order valence-electron chi connectivity index (χ2n) is 7.15. The zero-order chi connectivity index (χ0) is 21.3. The first-order valence-corrected chi connectivity index (χ1v) is 10.1. The van der Waals surface area contributed by atoms with Gasteiger partial charge in [-0.15, -0.1) is 0 Å². The van der Waals surface area contributed by atoms with Crippen LogP contribution in [0.15, 0.2) is 42.5 Å². The molecule has 1 unspecified atom stereocenters. The zero-order valence-electron chi connectivity index (χ0n) is 17.3. The Labute approximate surface area is 175 Å². The summed E-state index contributed by atoms with van der Waals surface area (Å²) in [6.07, 6.45) is 0.828. The fourth-order valence-electron chi connectivity index (χ4n) is 3.96. The first kappa shape index (κ1) is 19.8. The van der Waals surface area contributed by atoms with E-state index in [1.54, 1.807) is 19.2 Å². The van der Waals surface area contributed by atoms with E-state index in [0.29, 0.717) is 24.6 Å². The van der Waals surface area contributed by atoms with Gasteiger partial charge in [-0.1, -0.05) is 13.0 Å². The molecule has 2 N–H and O–H groups in total. The van der Waals surface area contributed by atoms with Gasteiger partial charge in [0.15, 0.2) is 11.5 Å². The van der Waals surface area contributed by atoms with E-state index in [1.165, 1.54) is 0 Å². The van der Waals surface area contributed by atoms with Gasteiger partial charge in [-0.05, 0) is 55.3 Å². The number of fused-ring (bicyclic) bond motifs is 1. The van der Waals surface area contributed by atoms with Gasteiger partial charge in [-0.2, -0.15) is 5.10 Å². The Balaban J connectivity index is 1.85. The predicted molar refractivity (Wildman–Crippen MR) is 113 cm³/mol. The van der Waals surface area contributed by atoms with E-state index >= 15 is 0 Å². The Morgan fingerprint density at radius 1 is 1.17 bits per heavy atom. The number of aromatic amines is 1. The molecule has 156 valence electrons. The van der Waals surface area contributed by atoms with Crippen LogP contribution in [0.4, 0.5) is 0 Å². The Bertz CT molecular complexity index is 1060. The summed E-state index contributed by atoms with van der Waals surface area (Å²) >= 11 is 0. The number of amides is 1. The minimum Gasteiger partial charge on any atom is -0.504 e. The van der Waals surface area contributed by atoms with Crippen molar-refractivity contribution in [3.8, 4) is 28.5 Å². The number of phenolic OH excluding ortho intramolecular Hbond substituents is 1. The minimum atomic E-state index is -0.317.